The minimum Gasteiger partial charge on any atom is -0.314 e. The molecule has 0 bridgehead atoms. The minimum atomic E-state index is 0. The number of nitrogens with zero attached hydrogens (tertiary/aromatic N) is 1. The maximum atomic E-state index is 5.11. The van der Waals surface area contributed by atoms with Gasteiger partial charge in [-0.3, -0.25) is 0 Å². The Kier molecular flexibility index (Phi) is 9.38. The smallest absolute Gasteiger partial charge is 0.107 e. The van der Waals surface area contributed by atoms with E-state index in [0.29, 0.717) is 6.61 Å². The summed E-state index contributed by atoms with van der Waals surface area (Å²) in [5, 5.41) is 6.17. The van der Waals surface area contributed by atoms with Crippen LogP contribution in [0.2, 0.25) is 0 Å². The molecule has 1 rings (SSSR count). The van der Waals surface area contributed by atoms with Crippen molar-refractivity contribution in [2.75, 3.05) is 7.05 Å². The van der Waals surface area contributed by atoms with E-state index >= 15 is 0 Å². The molecule has 0 saturated carbocycles. The van der Waals surface area contributed by atoms with Gasteiger partial charge < -0.3 is 9.50 Å². The maximum absolute atomic E-state index is 5.11. The number of hydrogen-bond acceptors (Lipinski definition) is 5. The Balaban J connectivity index is 0.00000144. The van der Waals surface area contributed by atoms with Gasteiger partial charge in [0.15, 0.2) is 0 Å². The van der Waals surface area contributed by atoms with Crippen LogP contribution in [0, 0.1) is 0 Å². The summed E-state index contributed by atoms with van der Waals surface area (Å²) >= 11 is 2.94. The van der Waals surface area contributed by atoms with E-state index in [0.717, 1.165) is 17.2 Å². The molecule has 0 spiro atoms. The molecule has 0 aromatic carbocycles. The van der Waals surface area contributed by atoms with Crippen molar-refractivity contribution >= 4 is 58.7 Å². The fourth-order valence-electron chi connectivity index (χ4n) is 0.742. The Morgan fingerprint density at radius 1 is 1.77 bits per heavy atom. The van der Waals surface area contributed by atoms with Gasteiger partial charge in [-0.2, -0.15) is 0 Å². The predicted octanol–water partition coefficient (Wildman–Crippen LogP) is 1.44. The third kappa shape index (κ3) is 5.64. The average Bonchev–Trinajstić information content (AvgIpc) is 2.50. The van der Waals surface area contributed by atoms with E-state index in [2.05, 4.69) is 18.7 Å². The summed E-state index contributed by atoms with van der Waals surface area (Å²) in [5.74, 6) is 0. The second-order valence-electron chi connectivity index (χ2n) is 2.12. The SMILES string of the molecule is CNCc1nc(COSP)cs1.[Tl]. The van der Waals surface area contributed by atoms with Crippen molar-refractivity contribution in [3.63, 3.8) is 0 Å². The first-order valence-corrected chi connectivity index (χ1v) is 6.53. The molecule has 1 radical (unpaired) electrons. The predicted molar refractivity (Wildman–Crippen MR) is 62.7 cm³/mol. The zero-order chi connectivity index (χ0) is 8.81. The van der Waals surface area contributed by atoms with Gasteiger partial charge in [0.25, 0.3) is 0 Å². The van der Waals surface area contributed by atoms with Crippen LogP contribution in [0.1, 0.15) is 10.7 Å². The molecule has 0 saturated heterocycles. The van der Waals surface area contributed by atoms with Crippen molar-refractivity contribution in [3.8, 4) is 0 Å². The molecule has 71 valence electrons. The molecule has 13 heavy (non-hydrogen) atoms. The summed E-state index contributed by atoms with van der Waals surface area (Å²) in [6, 6.07) is 0. The van der Waals surface area contributed by atoms with Crippen molar-refractivity contribution < 1.29 is 4.18 Å². The van der Waals surface area contributed by atoms with Crippen LogP contribution in [-0.2, 0) is 17.3 Å². The van der Waals surface area contributed by atoms with Crippen molar-refractivity contribution in [3.05, 3.63) is 16.1 Å². The normalized spacial score (nSPS) is 9.69. The van der Waals surface area contributed by atoms with Crippen LogP contribution >= 0.6 is 31.4 Å². The number of nitrogens with one attached hydrogen (secondary N) is 1. The molecule has 1 atom stereocenters. The van der Waals surface area contributed by atoms with E-state index in [1.54, 1.807) is 11.3 Å². The van der Waals surface area contributed by atoms with Gasteiger partial charge in [-0.1, -0.05) is 0 Å². The summed E-state index contributed by atoms with van der Waals surface area (Å²) < 4.78 is 5.11. The minimum absolute atomic E-state index is 0. The Morgan fingerprint density at radius 3 is 3.15 bits per heavy atom. The average molecular weight is 427 g/mol. The first-order valence-electron chi connectivity index (χ1n) is 3.43. The first kappa shape index (κ1) is 14.3. The van der Waals surface area contributed by atoms with Gasteiger partial charge in [-0.25, -0.2) is 4.98 Å². The third-order valence-electron chi connectivity index (χ3n) is 1.20. The molecule has 0 aliphatic carbocycles. The Hall–Kier alpha value is 1.25. The number of aromatic nitrogens is 1. The molecule has 1 N–H and O–H groups in total. The van der Waals surface area contributed by atoms with Gasteiger partial charge in [0.05, 0.1) is 5.69 Å². The van der Waals surface area contributed by atoms with Crippen LogP contribution < -0.4 is 5.32 Å². The Bertz CT molecular complexity index is 236. The van der Waals surface area contributed by atoms with Crippen molar-refractivity contribution in [2.45, 2.75) is 13.2 Å². The van der Waals surface area contributed by atoms with Gasteiger partial charge >= 0.3 is 0 Å². The second-order valence-corrected chi connectivity index (χ2v) is 4.07. The monoisotopic (exact) mass is 427 g/mol. The quantitative estimate of drug-likeness (QED) is 0.439. The van der Waals surface area contributed by atoms with Crippen LogP contribution in [0.4, 0.5) is 0 Å². The first-order chi connectivity index (χ1) is 5.86. The van der Waals surface area contributed by atoms with E-state index in [-0.39, 0.29) is 27.3 Å². The number of rotatable bonds is 5. The van der Waals surface area contributed by atoms with Crippen molar-refractivity contribution in [2.24, 2.45) is 0 Å². The fourth-order valence-corrected chi connectivity index (χ4v) is 1.93. The molecule has 3 nitrogen and oxygen atoms in total. The summed E-state index contributed by atoms with van der Waals surface area (Å²) in [6.07, 6.45) is 0. The molecule has 1 aromatic heterocycles. The van der Waals surface area contributed by atoms with Crippen LogP contribution in [-0.4, -0.2) is 39.3 Å². The van der Waals surface area contributed by atoms with E-state index in [4.69, 9.17) is 4.18 Å². The van der Waals surface area contributed by atoms with E-state index < -0.39 is 0 Å². The number of thiazole rings is 1. The summed E-state index contributed by atoms with van der Waals surface area (Å²) in [6.45, 7) is 1.41. The Labute approximate surface area is 109 Å². The second kappa shape index (κ2) is 8.55. The Morgan fingerprint density at radius 2 is 2.54 bits per heavy atom. The molecule has 0 aliphatic rings. The zero-order valence-corrected chi connectivity index (χ0v) is 14.6. The molecule has 1 unspecified atom stereocenters. The third-order valence-corrected chi connectivity index (χ3v) is 2.76. The largest absolute Gasteiger partial charge is 0.314 e. The number of hydrogen-bond donors (Lipinski definition) is 1. The van der Waals surface area contributed by atoms with Gasteiger partial charge in [-0.15, -0.1) is 11.3 Å². The van der Waals surface area contributed by atoms with Crippen molar-refractivity contribution in [1.29, 1.82) is 0 Å². The molecule has 1 heterocycles. The van der Waals surface area contributed by atoms with E-state index in [9.17, 15) is 0 Å². The van der Waals surface area contributed by atoms with Gasteiger partial charge in [-0.05, 0) is 15.5 Å². The standard InChI is InChI=1S/C6H11N2OPS2.Tl/c1-7-2-6-8-5(4-11-6)3-9-12-10;/h4,7H,2-3,10H2,1H3;. The molecular weight excluding hydrogens is 416 g/mol. The zero-order valence-electron chi connectivity index (χ0n) is 7.32. The fraction of sp³-hybridized carbons (Fsp3) is 0.500. The van der Waals surface area contributed by atoms with Gasteiger partial charge in [0.2, 0.25) is 0 Å². The maximum Gasteiger partial charge on any atom is 0.107 e. The summed E-state index contributed by atoms with van der Waals surface area (Å²) in [5.41, 5.74) is 1.00. The van der Waals surface area contributed by atoms with Crippen LogP contribution in [0.25, 0.3) is 0 Å². The topological polar surface area (TPSA) is 34.2 Å². The van der Waals surface area contributed by atoms with Crippen LogP contribution in [0.3, 0.4) is 0 Å². The van der Waals surface area contributed by atoms with Crippen LogP contribution in [0.5, 0.6) is 0 Å². The summed E-state index contributed by atoms with van der Waals surface area (Å²) in [4.78, 5) is 4.35. The van der Waals surface area contributed by atoms with Gasteiger partial charge in [0, 0.05) is 50.9 Å². The van der Waals surface area contributed by atoms with Crippen molar-refractivity contribution in [1.82, 2.24) is 10.3 Å². The molecule has 0 aliphatic heterocycles. The van der Waals surface area contributed by atoms with E-state index in [1.165, 1.54) is 11.7 Å². The molecule has 1 aromatic rings. The van der Waals surface area contributed by atoms with Crippen LogP contribution in [0.15, 0.2) is 5.38 Å². The van der Waals surface area contributed by atoms with Gasteiger partial charge in [0.1, 0.15) is 11.6 Å². The van der Waals surface area contributed by atoms with E-state index in [1.807, 2.05) is 12.4 Å². The molecule has 0 fully saturated rings. The molecule has 0 amide bonds. The molecule has 7 heteroatoms. The summed E-state index contributed by atoms with van der Waals surface area (Å²) in [7, 11) is 4.35. The molecular formula is C6H11N2OPS2Tl.